The van der Waals surface area contributed by atoms with Gasteiger partial charge < -0.3 is 9.88 Å². The van der Waals surface area contributed by atoms with Crippen molar-refractivity contribution in [2.24, 2.45) is 5.92 Å². The summed E-state index contributed by atoms with van der Waals surface area (Å²) in [5.41, 5.74) is 2.25. The predicted octanol–water partition coefficient (Wildman–Crippen LogP) is 2.94. The van der Waals surface area contributed by atoms with Crippen molar-refractivity contribution in [3.05, 3.63) is 24.3 Å². The molecule has 0 atom stereocenters. The van der Waals surface area contributed by atoms with Gasteiger partial charge in [-0.3, -0.25) is 4.98 Å². The van der Waals surface area contributed by atoms with Crippen LogP contribution in [0.4, 0.5) is 0 Å². The van der Waals surface area contributed by atoms with Crippen LogP contribution < -0.4 is 5.32 Å². The molecule has 1 aliphatic heterocycles. The molecule has 1 saturated heterocycles. The van der Waals surface area contributed by atoms with Gasteiger partial charge in [-0.2, -0.15) is 0 Å². The quantitative estimate of drug-likeness (QED) is 0.930. The SMILES string of the molecule is CC(C)n1c(CCC2CCNCC2)nc2cnccc21. The zero-order valence-corrected chi connectivity index (χ0v) is 12.5. The molecule has 0 spiro atoms. The summed E-state index contributed by atoms with van der Waals surface area (Å²) in [6.45, 7) is 6.82. The van der Waals surface area contributed by atoms with Crippen molar-refractivity contribution in [1.82, 2.24) is 19.9 Å². The summed E-state index contributed by atoms with van der Waals surface area (Å²) in [4.78, 5) is 9.00. The normalized spacial score (nSPS) is 17.1. The first-order valence-electron chi connectivity index (χ1n) is 7.77. The molecule has 1 aliphatic rings. The fraction of sp³-hybridized carbons (Fsp3) is 0.625. The van der Waals surface area contributed by atoms with Crippen molar-refractivity contribution in [3.8, 4) is 0 Å². The number of aromatic nitrogens is 3. The Labute approximate surface area is 120 Å². The second kappa shape index (κ2) is 5.92. The molecule has 108 valence electrons. The van der Waals surface area contributed by atoms with Crippen molar-refractivity contribution in [3.63, 3.8) is 0 Å². The predicted molar refractivity (Wildman–Crippen MR) is 81.8 cm³/mol. The largest absolute Gasteiger partial charge is 0.325 e. The molecule has 4 heteroatoms. The van der Waals surface area contributed by atoms with Gasteiger partial charge in [-0.1, -0.05) is 0 Å². The Morgan fingerprint density at radius 1 is 1.35 bits per heavy atom. The Kier molecular flexibility index (Phi) is 4.01. The summed E-state index contributed by atoms with van der Waals surface area (Å²) in [7, 11) is 0. The summed E-state index contributed by atoms with van der Waals surface area (Å²) in [5.74, 6) is 2.08. The van der Waals surface area contributed by atoms with Crippen LogP contribution in [-0.4, -0.2) is 27.6 Å². The van der Waals surface area contributed by atoms with Crippen LogP contribution in [0.5, 0.6) is 0 Å². The molecular formula is C16H24N4. The van der Waals surface area contributed by atoms with Gasteiger partial charge in [-0.25, -0.2) is 4.98 Å². The highest BCUT2D eigenvalue weighted by molar-refractivity contribution is 5.74. The molecule has 0 unspecified atom stereocenters. The molecule has 0 bridgehead atoms. The molecular weight excluding hydrogens is 248 g/mol. The number of hydrogen-bond donors (Lipinski definition) is 1. The van der Waals surface area contributed by atoms with Gasteiger partial charge >= 0.3 is 0 Å². The highest BCUT2D eigenvalue weighted by Crippen LogP contribution is 2.24. The summed E-state index contributed by atoms with van der Waals surface area (Å²) in [6.07, 6.45) is 8.69. The lowest BCUT2D eigenvalue weighted by Crippen LogP contribution is -2.28. The Hall–Kier alpha value is -1.42. The van der Waals surface area contributed by atoms with Crippen LogP contribution in [0.2, 0.25) is 0 Å². The van der Waals surface area contributed by atoms with E-state index in [4.69, 9.17) is 4.98 Å². The third-order valence-electron chi connectivity index (χ3n) is 4.32. The standard InChI is InChI=1S/C16H24N4/c1-12(2)20-15-7-10-18-11-14(15)19-16(20)4-3-13-5-8-17-9-6-13/h7,10-13,17H,3-6,8-9H2,1-2H3. The van der Waals surface area contributed by atoms with E-state index in [1.54, 1.807) is 0 Å². The zero-order chi connectivity index (χ0) is 13.9. The Bertz CT molecular complexity index is 567. The van der Waals surface area contributed by atoms with E-state index < -0.39 is 0 Å². The number of piperidine rings is 1. The molecule has 2 aromatic rings. The molecule has 3 heterocycles. The lowest BCUT2D eigenvalue weighted by Gasteiger charge is -2.22. The third-order valence-corrected chi connectivity index (χ3v) is 4.32. The van der Waals surface area contributed by atoms with E-state index in [0.717, 1.165) is 17.9 Å². The third kappa shape index (κ3) is 2.70. The molecule has 2 aromatic heterocycles. The molecule has 1 fully saturated rings. The number of hydrogen-bond acceptors (Lipinski definition) is 3. The zero-order valence-electron chi connectivity index (χ0n) is 12.5. The Balaban J connectivity index is 1.81. The second-order valence-electron chi connectivity index (χ2n) is 6.09. The lowest BCUT2D eigenvalue weighted by molar-refractivity contribution is 0.350. The van der Waals surface area contributed by atoms with Gasteiger partial charge in [0.1, 0.15) is 11.3 Å². The number of aryl methyl sites for hydroxylation is 1. The van der Waals surface area contributed by atoms with Crippen LogP contribution in [0.1, 0.15) is 45.0 Å². The van der Waals surface area contributed by atoms with Crippen LogP contribution >= 0.6 is 0 Å². The van der Waals surface area contributed by atoms with Crippen molar-refractivity contribution in [1.29, 1.82) is 0 Å². The minimum atomic E-state index is 0.449. The first kappa shape index (κ1) is 13.6. The van der Waals surface area contributed by atoms with Crippen LogP contribution in [0.15, 0.2) is 18.5 Å². The molecule has 4 nitrogen and oxygen atoms in total. The summed E-state index contributed by atoms with van der Waals surface area (Å²) >= 11 is 0. The number of imidazole rings is 1. The lowest BCUT2D eigenvalue weighted by atomic mass is 9.93. The van der Waals surface area contributed by atoms with Gasteiger partial charge in [-0.15, -0.1) is 0 Å². The smallest absolute Gasteiger partial charge is 0.110 e. The molecule has 20 heavy (non-hydrogen) atoms. The van der Waals surface area contributed by atoms with E-state index in [2.05, 4.69) is 34.8 Å². The van der Waals surface area contributed by atoms with E-state index in [9.17, 15) is 0 Å². The number of fused-ring (bicyclic) bond motifs is 1. The highest BCUT2D eigenvalue weighted by atomic mass is 15.1. The number of nitrogens with one attached hydrogen (secondary N) is 1. The topological polar surface area (TPSA) is 42.7 Å². The van der Waals surface area contributed by atoms with Crippen LogP contribution in [0.3, 0.4) is 0 Å². The second-order valence-corrected chi connectivity index (χ2v) is 6.09. The number of pyridine rings is 1. The van der Waals surface area contributed by atoms with Gasteiger partial charge in [-0.05, 0) is 58.2 Å². The van der Waals surface area contributed by atoms with E-state index >= 15 is 0 Å². The molecule has 1 N–H and O–H groups in total. The van der Waals surface area contributed by atoms with Crippen LogP contribution in [0, 0.1) is 5.92 Å². The van der Waals surface area contributed by atoms with E-state index in [1.165, 1.54) is 43.7 Å². The van der Waals surface area contributed by atoms with Crippen molar-refractivity contribution < 1.29 is 0 Å². The maximum Gasteiger partial charge on any atom is 0.110 e. The average molecular weight is 272 g/mol. The van der Waals surface area contributed by atoms with Gasteiger partial charge in [0.25, 0.3) is 0 Å². The minimum Gasteiger partial charge on any atom is -0.325 e. The molecule has 3 rings (SSSR count). The van der Waals surface area contributed by atoms with Crippen LogP contribution in [-0.2, 0) is 6.42 Å². The van der Waals surface area contributed by atoms with E-state index in [-0.39, 0.29) is 0 Å². The molecule has 0 amide bonds. The minimum absolute atomic E-state index is 0.449. The first-order chi connectivity index (χ1) is 9.75. The van der Waals surface area contributed by atoms with E-state index in [0.29, 0.717) is 6.04 Å². The monoisotopic (exact) mass is 272 g/mol. The molecule has 0 aliphatic carbocycles. The molecule has 0 radical (unpaired) electrons. The van der Waals surface area contributed by atoms with Gasteiger partial charge in [0.05, 0.1) is 11.7 Å². The summed E-state index contributed by atoms with van der Waals surface area (Å²) in [5, 5.41) is 3.43. The number of nitrogens with zero attached hydrogens (tertiary/aromatic N) is 3. The van der Waals surface area contributed by atoms with Gasteiger partial charge in [0.15, 0.2) is 0 Å². The van der Waals surface area contributed by atoms with Crippen molar-refractivity contribution in [2.45, 2.75) is 45.6 Å². The molecule has 0 aromatic carbocycles. The fourth-order valence-corrected chi connectivity index (χ4v) is 3.26. The molecule has 0 saturated carbocycles. The van der Waals surface area contributed by atoms with Gasteiger partial charge in [0, 0.05) is 18.7 Å². The fourth-order valence-electron chi connectivity index (χ4n) is 3.26. The van der Waals surface area contributed by atoms with E-state index in [1.807, 2.05) is 12.4 Å². The summed E-state index contributed by atoms with van der Waals surface area (Å²) < 4.78 is 2.37. The Morgan fingerprint density at radius 3 is 2.90 bits per heavy atom. The average Bonchev–Trinajstić information content (AvgIpc) is 2.84. The van der Waals surface area contributed by atoms with Crippen molar-refractivity contribution in [2.75, 3.05) is 13.1 Å². The summed E-state index contributed by atoms with van der Waals surface area (Å²) in [6, 6.07) is 2.53. The van der Waals surface area contributed by atoms with Crippen molar-refractivity contribution >= 4 is 11.0 Å². The Morgan fingerprint density at radius 2 is 2.15 bits per heavy atom. The highest BCUT2D eigenvalue weighted by Gasteiger charge is 2.17. The maximum absolute atomic E-state index is 4.80. The number of rotatable bonds is 4. The van der Waals surface area contributed by atoms with Crippen LogP contribution in [0.25, 0.3) is 11.0 Å². The first-order valence-corrected chi connectivity index (χ1v) is 7.77. The van der Waals surface area contributed by atoms with Gasteiger partial charge in [0.2, 0.25) is 0 Å². The maximum atomic E-state index is 4.80.